The molecule has 0 aliphatic carbocycles. The first-order chi connectivity index (χ1) is 12.6. The Hall–Kier alpha value is -2.85. The standard InChI is InChI=1S/C16H15N5O3S2/c1-24-15(23)10-4-6-11(7-5-10)18-13(22)9-26-16-20-19-14(21(16)17)12-3-2-8-25-12/h2-8H,9,17H2,1H3,(H,18,22). The van der Waals surface area contributed by atoms with Crippen molar-refractivity contribution in [2.24, 2.45) is 0 Å². The lowest BCUT2D eigenvalue weighted by Gasteiger charge is -2.06. The minimum atomic E-state index is -0.428. The van der Waals surface area contributed by atoms with Crippen LogP contribution in [-0.2, 0) is 9.53 Å². The Kier molecular flexibility index (Phi) is 5.54. The number of benzene rings is 1. The minimum Gasteiger partial charge on any atom is -0.465 e. The Bertz CT molecular complexity index is 907. The molecule has 1 amide bonds. The number of nitrogens with two attached hydrogens (primary N) is 1. The predicted molar refractivity (Wildman–Crippen MR) is 101 cm³/mol. The maximum absolute atomic E-state index is 12.1. The number of methoxy groups -OCH3 is 1. The Morgan fingerprint density at radius 3 is 2.69 bits per heavy atom. The molecule has 0 spiro atoms. The minimum absolute atomic E-state index is 0.124. The maximum Gasteiger partial charge on any atom is 0.337 e. The number of thioether (sulfide) groups is 1. The molecule has 26 heavy (non-hydrogen) atoms. The van der Waals surface area contributed by atoms with Crippen LogP contribution >= 0.6 is 23.1 Å². The highest BCUT2D eigenvalue weighted by Gasteiger charge is 2.14. The number of hydrogen-bond donors (Lipinski definition) is 2. The number of nitrogens with one attached hydrogen (secondary N) is 1. The number of hydrogen-bond acceptors (Lipinski definition) is 8. The van der Waals surface area contributed by atoms with E-state index in [1.807, 2.05) is 17.5 Å². The number of nitrogens with zero attached hydrogens (tertiary/aromatic N) is 3. The van der Waals surface area contributed by atoms with E-state index in [2.05, 4.69) is 20.3 Å². The number of thiophene rings is 1. The van der Waals surface area contributed by atoms with Gasteiger partial charge in [-0.15, -0.1) is 21.5 Å². The lowest BCUT2D eigenvalue weighted by Crippen LogP contribution is -2.16. The van der Waals surface area contributed by atoms with Gasteiger partial charge >= 0.3 is 5.97 Å². The first kappa shape index (κ1) is 18.0. The number of anilines is 1. The molecule has 0 aliphatic heterocycles. The van der Waals surface area contributed by atoms with E-state index in [1.165, 1.54) is 34.9 Å². The Balaban J connectivity index is 1.57. The molecule has 0 atom stereocenters. The number of amides is 1. The van der Waals surface area contributed by atoms with E-state index in [1.54, 1.807) is 24.3 Å². The van der Waals surface area contributed by atoms with Gasteiger partial charge in [-0.25, -0.2) is 9.47 Å². The number of nitrogen functional groups attached to an aromatic ring is 1. The second-order valence-electron chi connectivity index (χ2n) is 5.06. The van der Waals surface area contributed by atoms with Crippen molar-refractivity contribution in [3.05, 3.63) is 47.3 Å². The van der Waals surface area contributed by atoms with E-state index < -0.39 is 5.97 Å². The van der Waals surface area contributed by atoms with Crippen molar-refractivity contribution in [3.63, 3.8) is 0 Å². The van der Waals surface area contributed by atoms with Crippen LogP contribution in [-0.4, -0.2) is 39.6 Å². The molecule has 134 valence electrons. The summed E-state index contributed by atoms with van der Waals surface area (Å²) in [6.45, 7) is 0. The summed E-state index contributed by atoms with van der Waals surface area (Å²) in [5.41, 5.74) is 0.994. The van der Waals surface area contributed by atoms with Gasteiger partial charge in [0.15, 0.2) is 5.82 Å². The van der Waals surface area contributed by atoms with Gasteiger partial charge < -0.3 is 15.9 Å². The van der Waals surface area contributed by atoms with Crippen LogP contribution in [0.2, 0.25) is 0 Å². The number of carbonyl (C=O) groups is 2. The molecular weight excluding hydrogens is 374 g/mol. The van der Waals surface area contributed by atoms with Gasteiger partial charge in [-0.3, -0.25) is 4.79 Å². The highest BCUT2D eigenvalue weighted by atomic mass is 32.2. The first-order valence-corrected chi connectivity index (χ1v) is 9.30. The molecule has 0 aliphatic rings. The summed E-state index contributed by atoms with van der Waals surface area (Å²) < 4.78 is 6.00. The van der Waals surface area contributed by atoms with Crippen LogP contribution in [0, 0.1) is 0 Å². The van der Waals surface area contributed by atoms with Crippen molar-refractivity contribution in [3.8, 4) is 10.7 Å². The second-order valence-corrected chi connectivity index (χ2v) is 6.95. The van der Waals surface area contributed by atoms with Crippen LogP contribution < -0.4 is 11.2 Å². The molecule has 0 radical (unpaired) electrons. The summed E-state index contributed by atoms with van der Waals surface area (Å²) >= 11 is 2.70. The number of rotatable bonds is 6. The summed E-state index contributed by atoms with van der Waals surface area (Å²) in [6, 6.07) is 10.2. The topological polar surface area (TPSA) is 112 Å². The zero-order valence-corrected chi connectivity index (χ0v) is 15.3. The molecule has 2 aromatic heterocycles. The lowest BCUT2D eigenvalue weighted by molar-refractivity contribution is -0.113. The number of ether oxygens (including phenoxy) is 1. The molecule has 1 aromatic carbocycles. The second kappa shape index (κ2) is 8.02. The van der Waals surface area contributed by atoms with Gasteiger partial charge in [0, 0.05) is 5.69 Å². The largest absolute Gasteiger partial charge is 0.465 e. The fraction of sp³-hybridized carbons (Fsp3) is 0.125. The molecule has 0 unspecified atom stereocenters. The maximum atomic E-state index is 12.1. The van der Waals surface area contributed by atoms with Crippen molar-refractivity contribution >= 4 is 40.7 Å². The van der Waals surface area contributed by atoms with Gasteiger partial charge in [0.1, 0.15) is 0 Å². The molecule has 3 N–H and O–H groups in total. The van der Waals surface area contributed by atoms with Crippen molar-refractivity contribution < 1.29 is 14.3 Å². The quantitative estimate of drug-likeness (QED) is 0.378. The fourth-order valence-electron chi connectivity index (χ4n) is 2.08. The monoisotopic (exact) mass is 389 g/mol. The van der Waals surface area contributed by atoms with Crippen LogP contribution in [0.3, 0.4) is 0 Å². The van der Waals surface area contributed by atoms with Gasteiger partial charge in [0.2, 0.25) is 11.1 Å². The third kappa shape index (κ3) is 4.03. The molecule has 0 saturated heterocycles. The van der Waals surface area contributed by atoms with Gasteiger partial charge in [0.05, 0.1) is 23.3 Å². The van der Waals surface area contributed by atoms with Gasteiger partial charge in [0.25, 0.3) is 0 Å². The molecule has 3 rings (SSSR count). The van der Waals surface area contributed by atoms with Crippen LogP contribution in [0.15, 0.2) is 46.9 Å². The highest BCUT2D eigenvalue weighted by Crippen LogP contribution is 2.25. The molecule has 8 nitrogen and oxygen atoms in total. The normalized spacial score (nSPS) is 10.5. The van der Waals surface area contributed by atoms with Gasteiger partial charge in [-0.05, 0) is 35.7 Å². The zero-order chi connectivity index (χ0) is 18.5. The van der Waals surface area contributed by atoms with E-state index in [0.717, 1.165) is 4.88 Å². The smallest absolute Gasteiger partial charge is 0.337 e. The Morgan fingerprint density at radius 1 is 1.27 bits per heavy atom. The number of carbonyl (C=O) groups excluding carboxylic acids is 2. The molecule has 3 aromatic rings. The molecule has 2 heterocycles. The van der Waals surface area contributed by atoms with Crippen molar-refractivity contribution in [2.75, 3.05) is 24.0 Å². The molecule has 0 bridgehead atoms. The van der Waals surface area contributed by atoms with Crippen LogP contribution in [0.25, 0.3) is 10.7 Å². The van der Waals surface area contributed by atoms with E-state index >= 15 is 0 Å². The molecular formula is C16H15N5O3S2. The van der Waals surface area contributed by atoms with Gasteiger partial charge in [-0.2, -0.15) is 0 Å². The summed E-state index contributed by atoms with van der Waals surface area (Å²) in [5.74, 6) is 6.02. The fourth-order valence-corrected chi connectivity index (χ4v) is 3.45. The third-order valence-electron chi connectivity index (χ3n) is 3.33. The van der Waals surface area contributed by atoms with Crippen LogP contribution in [0.5, 0.6) is 0 Å². The average Bonchev–Trinajstić information content (AvgIpc) is 3.29. The third-order valence-corrected chi connectivity index (χ3v) is 5.14. The summed E-state index contributed by atoms with van der Waals surface area (Å²) in [5, 5.41) is 13.2. The number of esters is 1. The lowest BCUT2D eigenvalue weighted by atomic mass is 10.2. The van der Waals surface area contributed by atoms with Crippen LogP contribution in [0.1, 0.15) is 10.4 Å². The van der Waals surface area contributed by atoms with E-state index in [-0.39, 0.29) is 11.7 Å². The van der Waals surface area contributed by atoms with Crippen LogP contribution in [0.4, 0.5) is 5.69 Å². The van der Waals surface area contributed by atoms with Gasteiger partial charge in [-0.1, -0.05) is 17.8 Å². The molecule has 10 heteroatoms. The predicted octanol–water partition coefficient (Wildman–Crippen LogP) is 2.24. The van der Waals surface area contributed by atoms with E-state index in [4.69, 9.17) is 5.84 Å². The average molecular weight is 389 g/mol. The Morgan fingerprint density at radius 2 is 2.04 bits per heavy atom. The van der Waals surface area contributed by atoms with E-state index in [9.17, 15) is 9.59 Å². The van der Waals surface area contributed by atoms with E-state index in [0.29, 0.717) is 22.2 Å². The Labute approximate surface area is 157 Å². The summed E-state index contributed by atoms with van der Waals surface area (Å²) in [6.07, 6.45) is 0. The summed E-state index contributed by atoms with van der Waals surface area (Å²) in [4.78, 5) is 24.4. The number of aromatic nitrogens is 3. The summed E-state index contributed by atoms with van der Waals surface area (Å²) in [7, 11) is 1.31. The highest BCUT2D eigenvalue weighted by molar-refractivity contribution is 7.99. The first-order valence-electron chi connectivity index (χ1n) is 7.44. The van der Waals surface area contributed by atoms with Crippen molar-refractivity contribution in [2.45, 2.75) is 5.16 Å². The zero-order valence-electron chi connectivity index (χ0n) is 13.7. The van der Waals surface area contributed by atoms with Crippen molar-refractivity contribution in [1.29, 1.82) is 0 Å². The molecule has 0 fully saturated rings. The SMILES string of the molecule is COC(=O)c1ccc(NC(=O)CSc2nnc(-c3cccs3)n2N)cc1. The molecule has 0 saturated carbocycles. The van der Waals surface area contributed by atoms with Crippen molar-refractivity contribution in [1.82, 2.24) is 14.9 Å².